The number of aryl methyl sites for hydroxylation is 2. The van der Waals surface area contributed by atoms with E-state index in [4.69, 9.17) is 14.7 Å². The fourth-order valence-electron chi connectivity index (χ4n) is 4.09. The van der Waals surface area contributed by atoms with Crippen molar-refractivity contribution in [2.24, 2.45) is 0 Å². The zero-order valence-corrected chi connectivity index (χ0v) is 21.9. The molecule has 3 heterocycles. The molecule has 3 aromatic heterocycles. The lowest BCUT2D eigenvalue weighted by Gasteiger charge is -2.15. The molecule has 5 aromatic rings. The number of anilines is 1. The van der Waals surface area contributed by atoms with Crippen LogP contribution >= 0.6 is 11.3 Å². The Hall–Kier alpha value is -4.17. The van der Waals surface area contributed by atoms with E-state index in [0.29, 0.717) is 18.1 Å². The van der Waals surface area contributed by atoms with Crippen molar-refractivity contribution in [2.45, 2.75) is 33.8 Å². The van der Waals surface area contributed by atoms with Gasteiger partial charge in [0.25, 0.3) is 0 Å². The molecule has 8 heteroatoms. The molecular formula is C29H28N6OS. The second-order valence-electron chi connectivity index (χ2n) is 8.72. The Morgan fingerprint density at radius 2 is 1.65 bits per heavy atom. The minimum atomic E-state index is 0.521. The highest BCUT2D eigenvalue weighted by atomic mass is 32.1. The van der Waals surface area contributed by atoms with Crippen LogP contribution in [0.15, 0.2) is 73.3 Å². The van der Waals surface area contributed by atoms with E-state index in [1.165, 1.54) is 0 Å². The highest BCUT2D eigenvalue weighted by molar-refractivity contribution is 7.18. The van der Waals surface area contributed by atoms with Gasteiger partial charge in [-0.05, 0) is 55.2 Å². The molecular weight excluding hydrogens is 480 g/mol. The van der Waals surface area contributed by atoms with E-state index in [1.807, 2.05) is 30.5 Å². The summed E-state index contributed by atoms with van der Waals surface area (Å²) in [4.78, 5) is 23.9. The standard InChI is InChI=1S/C29H28N6OS/c1-4-10-32-29-33-17-26(37-29)23-15-24(35-28(34-23)25-16-30-11-12-31-25)27-19(2)13-22(14-20(27)3)36-18-21-8-6-5-7-9-21/h5-9,11-17H,4,10,18H2,1-3H3,(H,32,33). The first-order valence-corrected chi connectivity index (χ1v) is 13.1. The lowest BCUT2D eigenvalue weighted by atomic mass is 9.98. The molecule has 0 atom stereocenters. The summed E-state index contributed by atoms with van der Waals surface area (Å²) in [7, 11) is 0. The van der Waals surface area contributed by atoms with Crippen LogP contribution in [0.1, 0.15) is 30.0 Å². The lowest BCUT2D eigenvalue weighted by molar-refractivity contribution is 0.306. The van der Waals surface area contributed by atoms with Crippen molar-refractivity contribution in [3.63, 3.8) is 0 Å². The molecule has 0 bridgehead atoms. The minimum absolute atomic E-state index is 0.521. The van der Waals surface area contributed by atoms with Crippen molar-refractivity contribution in [1.82, 2.24) is 24.9 Å². The molecule has 0 aliphatic rings. The summed E-state index contributed by atoms with van der Waals surface area (Å²) in [5.41, 5.74) is 6.59. The maximum absolute atomic E-state index is 6.10. The van der Waals surface area contributed by atoms with E-state index in [1.54, 1.807) is 29.9 Å². The third-order valence-electron chi connectivity index (χ3n) is 5.81. The molecule has 0 amide bonds. The Bertz CT molecular complexity index is 1460. The van der Waals surface area contributed by atoms with Gasteiger partial charge in [0.1, 0.15) is 18.1 Å². The molecule has 7 nitrogen and oxygen atoms in total. The number of hydrogen-bond donors (Lipinski definition) is 1. The van der Waals surface area contributed by atoms with E-state index >= 15 is 0 Å². The molecule has 0 saturated carbocycles. The second-order valence-corrected chi connectivity index (χ2v) is 9.75. The molecule has 0 aliphatic carbocycles. The Morgan fingerprint density at radius 1 is 0.865 bits per heavy atom. The van der Waals surface area contributed by atoms with Gasteiger partial charge < -0.3 is 10.1 Å². The zero-order valence-electron chi connectivity index (χ0n) is 21.1. The van der Waals surface area contributed by atoms with Gasteiger partial charge in [-0.3, -0.25) is 4.98 Å². The molecule has 37 heavy (non-hydrogen) atoms. The molecule has 0 unspecified atom stereocenters. The van der Waals surface area contributed by atoms with Crippen molar-refractivity contribution >= 4 is 16.5 Å². The molecule has 1 N–H and O–H groups in total. The number of benzene rings is 2. The minimum Gasteiger partial charge on any atom is -0.489 e. The van der Waals surface area contributed by atoms with Crippen molar-refractivity contribution in [1.29, 1.82) is 0 Å². The van der Waals surface area contributed by atoms with Crippen LogP contribution in [0.5, 0.6) is 5.75 Å². The first kappa shape index (κ1) is 24.5. The fraction of sp³-hybridized carbons (Fsp3) is 0.207. The summed E-state index contributed by atoms with van der Waals surface area (Å²) >= 11 is 1.58. The number of hydrogen-bond acceptors (Lipinski definition) is 8. The van der Waals surface area contributed by atoms with Gasteiger partial charge in [0.05, 0.1) is 22.5 Å². The SMILES string of the molecule is CCCNc1ncc(-c2cc(-c3c(C)cc(OCc4ccccc4)cc3C)nc(-c3cnccn3)n2)s1. The van der Waals surface area contributed by atoms with Gasteiger partial charge in [-0.15, -0.1) is 0 Å². The van der Waals surface area contributed by atoms with Crippen LogP contribution in [0.4, 0.5) is 5.13 Å². The predicted molar refractivity (Wildman–Crippen MR) is 149 cm³/mol. The topological polar surface area (TPSA) is 85.7 Å². The van der Waals surface area contributed by atoms with Gasteiger partial charge in [-0.25, -0.2) is 19.9 Å². The smallest absolute Gasteiger partial charge is 0.183 e. The predicted octanol–water partition coefficient (Wildman–Crippen LogP) is 6.74. The Labute approximate surface area is 220 Å². The quantitative estimate of drug-likeness (QED) is 0.236. The van der Waals surface area contributed by atoms with Crippen molar-refractivity contribution in [3.8, 4) is 39.1 Å². The average molecular weight is 509 g/mol. The second kappa shape index (κ2) is 11.3. The van der Waals surface area contributed by atoms with E-state index in [2.05, 4.69) is 65.3 Å². The summed E-state index contributed by atoms with van der Waals surface area (Å²) in [6.45, 7) is 7.70. The molecule has 5 rings (SSSR count). The van der Waals surface area contributed by atoms with Crippen LogP contribution in [0, 0.1) is 13.8 Å². The molecule has 0 radical (unpaired) electrons. The van der Waals surface area contributed by atoms with Gasteiger partial charge in [0.15, 0.2) is 11.0 Å². The lowest BCUT2D eigenvalue weighted by Crippen LogP contribution is -2.00. The van der Waals surface area contributed by atoms with Crippen LogP contribution in [0.3, 0.4) is 0 Å². The van der Waals surface area contributed by atoms with E-state index in [-0.39, 0.29) is 0 Å². The third-order valence-corrected chi connectivity index (χ3v) is 6.79. The summed E-state index contributed by atoms with van der Waals surface area (Å²) in [6, 6.07) is 16.3. The van der Waals surface area contributed by atoms with Crippen molar-refractivity contribution in [2.75, 3.05) is 11.9 Å². The van der Waals surface area contributed by atoms with E-state index in [0.717, 1.165) is 62.4 Å². The molecule has 0 spiro atoms. The largest absolute Gasteiger partial charge is 0.489 e. The summed E-state index contributed by atoms with van der Waals surface area (Å²) in [5.74, 6) is 1.36. The van der Waals surface area contributed by atoms with Crippen LogP contribution in [0.2, 0.25) is 0 Å². The number of nitrogens with zero attached hydrogens (tertiary/aromatic N) is 5. The molecule has 0 fully saturated rings. The van der Waals surface area contributed by atoms with Gasteiger partial charge in [0.2, 0.25) is 0 Å². The number of aromatic nitrogens is 5. The van der Waals surface area contributed by atoms with Crippen LogP contribution in [-0.4, -0.2) is 31.5 Å². The van der Waals surface area contributed by atoms with Crippen LogP contribution in [-0.2, 0) is 6.61 Å². The highest BCUT2D eigenvalue weighted by Gasteiger charge is 2.17. The summed E-state index contributed by atoms with van der Waals surface area (Å²) in [6.07, 6.45) is 7.87. The molecule has 186 valence electrons. The zero-order chi connectivity index (χ0) is 25.6. The fourth-order valence-corrected chi connectivity index (χ4v) is 4.89. The Morgan fingerprint density at radius 3 is 2.38 bits per heavy atom. The number of thiazole rings is 1. The summed E-state index contributed by atoms with van der Waals surface area (Å²) < 4.78 is 6.10. The number of ether oxygens (including phenoxy) is 1. The van der Waals surface area contributed by atoms with Gasteiger partial charge in [0, 0.05) is 30.7 Å². The normalized spacial score (nSPS) is 10.9. The maximum atomic E-state index is 6.10. The van der Waals surface area contributed by atoms with E-state index in [9.17, 15) is 0 Å². The molecule has 0 saturated heterocycles. The van der Waals surface area contributed by atoms with Crippen molar-refractivity contribution in [3.05, 3.63) is 90.0 Å². The third kappa shape index (κ3) is 5.81. The number of nitrogens with one attached hydrogen (secondary N) is 1. The highest BCUT2D eigenvalue weighted by Crippen LogP contribution is 2.35. The Balaban J connectivity index is 1.53. The van der Waals surface area contributed by atoms with Gasteiger partial charge >= 0.3 is 0 Å². The molecule has 2 aromatic carbocycles. The van der Waals surface area contributed by atoms with Gasteiger partial charge in [-0.2, -0.15) is 0 Å². The first-order chi connectivity index (χ1) is 18.1. The first-order valence-electron chi connectivity index (χ1n) is 12.2. The maximum Gasteiger partial charge on any atom is 0.183 e. The van der Waals surface area contributed by atoms with Gasteiger partial charge in [-0.1, -0.05) is 48.6 Å². The average Bonchev–Trinajstić information content (AvgIpc) is 3.40. The van der Waals surface area contributed by atoms with Crippen LogP contribution in [0.25, 0.3) is 33.3 Å². The summed E-state index contributed by atoms with van der Waals surface area (Å²) in [5, 5.41) is 4.23. The monoisotopic (exact) mass is 508 g/mol. The number of rotatable bonds is 9. The Kier molecular flexibility index (Phi) is 7.46. The van der Waals surface area contributed by atoms with Crippen LogP contribution < -0.4 is 10.1 Å². The molecule has 0 aliphatic heterocycles. The van der Waals surface area contributed by atoms with E-state index < -0.39 is 0 Å². The van der Waals surface area contributed by atoms with Crippen molar-refractivity contribution < 1.29 is 4.74 Å².